The van der Waals surface area contributed by atoms with Crippen molar-refractivity contribution >= 4 is 17.3 Å². The Bertz CT molecular complexity index is 440. The number of anilines is 2. The number of benzene rings is 1. The molecule has 0 amide bonds. The van der Waals surface area contributed by atoms with E-state index in [-0.39, 0.29) is 0 Å². The molecule has 2 rings (SSSR count). The molecule has 104 valence electrons. The Kier molecular flexibility index (Phi) is 4.66. The Morgan fingerprint density at radius 3 is 2.84 bits per heavy atom. The molecule has 1 fully saturated rings. The molecule has 1 aliphatic rings. The number of carbonyl (C=O) groups excluding carboxylic acids is 1. The first-order chi connectivity index (χ1) is 9.20. The van der Waals surface area contributed by atoms with E-state index in [1.807, 2.05) is 6.07 Å². The van der Waals surface area contributed by atoms with Crippen LogP contribution in [0.2, 0.25) is 0 Å². The van der Waals surface area contributed by atoms with Crippen molar-refractivity contribution in [3.8, 4) is 0 Å². The van der Waals surface area contributed by atoms with Gasteiger partial charge in [0.25, 0.3) is 0 Å². The molecule has 0 radical (unpaired) electrons. The number of hydrogen-bond donors (Lipinski definition) is 2. The van der Waals surface area contributed by atoms with Crippen molar-refractivity contribution in [2.75, 3.05) is 24.7 Å². The van der Waals surface area contributed by atoms with Gasteiger partial charge in [-0.15, -0.1) is 0 Å². The first-order valence-corrected chi connectivity index (χ1v) is 6.92. The van der Waals surface area contributed by atoms with Crippen molar-refractivity contribution in [1.29, 1.82) is 0 Å². The average Bonchev–Trinajstić information content (AvgIpc) is 2.93. The first-order valence-electron chi connectivity index (χ1n) is 6.92. The van der Waals surface area contributed by atoms with Gasteiger partial charge in [-0.05, 0) is 30.5 Å². The minimum Gasteiger partial charge on any atom is -0.465 e. The summed E-state index contributed by atoms with van der Waals surface area (Å²) in [6.45, 7) is 0.940. The number of hydrogen-bond acceptors (Lipinski definition) is 4. The Hall–Kier alpha value is -1.71. The highest BCUT2D eigenvalue weighted by Gasteiger charge is 2.14. The number of nitrogen functional groups attached to an aromatic ring is 1. The summed E-state index contributed by atoms with van der Waals surface area (Å²) in [5.41, 5.74) is 7.57. The highest BCUT2D eigenvalue weighted by Crippen LogP contribution is 2.27. The molecule has 4 heteroatoms. The predicted octanol–water partition coefficient (Wildman–Crippen LogP) is 3.05. The number of nitrogens with one attached hydrogen (secondary N) is 1. The predicted molar refractivity (Wildman–Crippen MR) is 77.3 cm³/mol. The zero-order valence-electron chi connectivity index (χ0n) is 11.4. The SMILES string of the molecule is COC(=O)c1cc(NCCC2CCCC2)ccc1N. The largest absolute Gasteiger partial charge is 0.465 e. The summed E-state index contributed by atoms with van der Waals surface area (Å²) in [6, 6.07) is 5.40. The van der Waals surface area contributed by atoms with Crippen molar-refractivity contribution in [2.24, 2.45) is 5.92 Å². The third kappa shape index (κ3) is 3.63. The summed E-state index contributed by atoms with van der Waals surface area (Å²) in [5.74, 6) is 0.471. The van der Waals surface area contributed by atoms with Crippen molar-refractivity contribution in [1.82, 2.24) is 0 Å². The molecule has 0 aliphatic heterocycles. The fourth-order valence-corrected chi connectivity index (χ4v) is 2.67. The molecule has 1 aromatic rings. The standard InChI is InChI=1S/C15H22N2O2/c1-19-15(18)13-10-12(6-7-14(13)16)17-9-8-11-4-2-3-5-11/h6-7,10-11,17H,2-5,8-9,16H2,1H3. The number of methoxy groups -OCH3 is 1. The number of esters is 1. The maximum atomic E-state index is 11.5. The molecule has 0 spiro atoms. The molecule has 0 unspecified atom stereocenters. The van der Waals surface area contributed by atoms with Gasteiger partial charge in [-0.2, -0.15) is 0 Å². The van der Waals surface area contributed by atoms with Crippen LogP contribution in [0.1, 0.15) is 42.5 Å². The molecule has 3 N–H and O–H groups in total. The van der Waals surface area contributed by atoms with Gasteiger partial charge < -0.3 is 15.8 Å². The second kappa shape index (κ2) is 6.45. The Morgan fingerprint density at radius 2 is 2.16 bits per heavy atom. The van der Waals surface area contributed by atoms with Gasteiger partial charge in [-0.1, -0.05) is 25.7 Å². The Balaban J connectivity index is 1.91. The maximum Gasteiger partial charge on any atom is 0.340 e. The van der Waals surface area contributed by atoms with Crippen molar-refractivity contribution in [3.05, 3.63) is 23.8 Å². The monoisotopic (exact) mass is 262 g/mol. The van der Waals surface area contributed by atoms with E-state index in [1.165, 1.54) is 39.2 Å². The van der Waals surface area contributed by atoms with Crippen LogP contribution in [0, 0.1) is 5.92 Å². The summed E-state index contributed by atoms with van der Waals surface area (Å²) < 4.78 is 4.71. The summed E-state index contributed by atoms with van der Waals surface area (Å²) >= 11 is 0. The molecule has 1 aliphatic carbocycles. The van der Waals surface area contributed by atoms with E-state index in [0.717, 1.165) is 18.2 Å². The topological polar surface area (TPSA) is 64.3 Å². The van der Waals surface area contributed by atoms with Crippen LogP contribution >= 0.6 is 0 Å². The summed E-state index contributed by atoms with van der Waals surface area (Å²) in [5, 5.41) is 3.35. The van der Waals surface area contributed by atoms with Crippen molar-refractivity contribution < 1.29 is 9.53 Å². The van der Waals surface area contributed by atoms with Gasteiger partial charge in [0.15, 0.2) is 0 Å². The van der Waals surface area contributed by atoms with Crippen LogP contribution in [0.3, 0.4) is 0 Å². The molecule has 0 heterocycles. The fourth-order valence-electron chi connectivity index (χ4n) is 2.67. The van der Waals surface area contributed by atoms with E-state index in [9.17, 15) is 4.79 Å². The maximum absolute atomic E-state index is 11.5. The first kappa shape index (κ1) is 13.7. The van der Waals surface area contributed by atoms with Crippen LogP contribution in [-0.2, 0) is 4.74 Å². The Labute approximate surface area is 114 Å². The summed E-state index contributed by atoms with van der Waals surface area (Å²) in [7, 11) is 1.36. The summed E-state index contributed by atoms with van der Waals surface area (Å²) in [4.78, 5) is 11.5. The molecular formula is C15H22N2O2. The smallest absolute Gasteiger partial charge is 0.340 e. The average molecular weight is 262 g/mol. The summed E-state index contributed by atoms with van der Waals surface area (Å²) in [6.07, 6.45) is 6.66. The fraction of sp³-hybridized carbons (Fsp3) is 0.533. The van der Waals surface area contributed by atoms with Gasteiger partial charge in [0.2, 0.25) is 0 Å². The molecule has 1 saturated carbocycles. The lowest BCUT2D eigenvalue weighted by Crippen LogP contribution is -2.09. The van der Waals surface area contributed by atoms with E-state index in [2.05, 4.69) is 5.32 Å². The van der Waals surface area contributed by atoms with E-state index in [0.29, 0.717) is 11.3 Å². The van der Waals surface area contributed by atoms with Gasteiger partial charge in [-0.25, -0.2) is 4.79 Å². The molecule has 0 atom stereocenters. The van der Waals surface area contributed by atoms with Gasteiger partial charge in [0.1, 0.15) is 0 Å². The van der Waals surface area contributed by atoms with E-state index in [4.69, 9.17) is 10.5 Å². The second-order valence-electron chi connectivity index (χ2n) is 5.16. The highest BCUT2D eigenvalue weighted by atomic mass is 16.5. The van der Waals surface area contributed by atoms with Crippen LogP contribution in [-0.4, -0.2) is 19.6 Å². The number of nitrogens with two attached hydrogens (primary N) is 1. The second-order valence-corrected chi connectivity index (χ2v) is 5.16. The number of ether oxygens (including phenoxy) is 1. The lowest BCUT2D eigenvalue weighted by atomic mass is 10.0. The molecule has 0 bridgehead atoms. The lowest BCUT2D eigenvalue weighted by Gasteiger charge is -2.12. The third-order valence-electron chi connectivity index (χ3n) is 3.82. The van der Waals surface area contributed by atoms with Crippen molar-refractivity contribution in [3.63, 3.8) is 0 Å². The normalized spacial score (nSPS) is 15.4. The van der Waals surface area contributed by atoms with Gasteiger partial charge in [-0.3, -0.25) is 0 Å². The van der Waals surface area contributed by atoms with Crippen LogP contribution in [0.15, 0.2) is 18.2 Å². The van der Waals surface area contributed by atoms with E-state index in [1.54, 1.807) is 12.1 Å². The molecular weight excluding hydrogens is 240 g/mol. The van der Waals surface area contributed by atoms with Gasteiger partial charge >= 0.3 is 5.97 Å². The molecule has 19 heavy (non-hydrogen) atoms. The zero-order chi connectivity index (χ0) is 13.7. The van der Waals surface area contributed by atoms with Gasteiger partial charge in [0.05, 0.1) is 12.7 Å². The van der Waals surface area contributed by atoms with Crippen LogP contribution in [0.4, 0.5) is 11.4 Å². The molecule has 0 aromatic heterocycles. The van der Waals surface area contributed by atoms with E-state index < -0.39 is 5.97 Å². The lowest BCUT2D eigenvalue weighted by molar-refractivity contribution is 0.0602. The van der Waals surface area contributed by atoms with Crippen LogP contribution < -0.4 is 11.1 Å². The van der Waals surface area contributed by atoms with Gasteiger partial charge in [0, 0.05) is 17.9 Å². The zero-order valence-corrected chi connectivity index (χ0v) is 11.4. The van der Waals surface area contributed by atoms with Crippen LogP contribution in [0.25, 0.3) is 0 Å². The van der Waals surface area contributed by atoms with Crippen molar-refractivity contribution in [2.45, 2.75) is 32.1 Å². The minimum atomic E-state index is -0.392. The highest BCUT2D eigenvalue weighted by molar-refractivity contribution is 5.96. The number of carbonyl (C=O) groups is 1. The number of rotatable bonds is 5. The quantitative estimate of drug-likeness (QED) is 0.632. The van der Waals surface area contributed by atoms with Crippen LogP contribution in [0.5, 0.6) is 0 Å². The third-order valence-corrected chi connectivity index (χ3v) is 3.82. The molecule has 4 nitrogen and oxygen atoms in total. The Morgan fingerprint density at radius 1 is 1.42 bits per heavy atom. The molecule has 0 saturated heterocycles. The minimum absolute atomic E-state index is 0.392. The van der Waals surface area contributed by atoms with E-state index >= 15 is 0 Å². The molecule has 1 aromatic carbocycles.